The molecule has 0 saturated heterocycles. The number of amides is 1. The Labute approximate surface area is 157 Å². The van der Waals surface area contributed by atoms with Crippen molar-refractivity contribution in [3.63, 3.8) is 0 Å². The van der Waals surface area contributed by atoms with Crippen LogP contribution in [0, 0.1) is 6.92 Å². The highest BCUT2D eigenvalue weighted by atomic mass is 16.5. The van der Waals surface area contributed by atoms with Crippen LogP contribution >= 0.6 is 0 Å². The molecule has 4 heteroatoms. The minimum Gasteiger partial charge on any atom is -0.455 e. The second-order valence-electron chi connectivity index (χ2n) is 6.41. The van der Waals surface area contributed by atoms with Gasteiger partial charge < -0.3 is 15.0 Å². The average Bonchev–Trinajstić information content (AvgIpc) is 2.99. The second-order valence-corrected chi connectivity index (χ2v) is 6.41. The number of ether oxygens (including phenoxy) is 1. The monoisotopic (exact) mass is 356 g/mol. The highest BCUT2D eigenvalue weighted by Crippen LogP contribution is 2.29. The number of anilines is 1. The minimum absolute atomic E-state index is 0.0769. The Balaban J connectivity index is 1.54. The molecular weight excluding hydrogens is 336 g/mol. The molecule has 1 aromatic heterocycles. The number of H-pyrrole nitrogens is 1. The standard InChI is InChI=1S/C23H20N2O2/c1-16-19(18-11-5-6-12-20(18)24-16)15-23(26)25-21-13-7-8-14-22(21)27-17-9-3-2-4-10-17/h2-14,24H,15H2,1H3,(H,25,26). The Morgan fingerprint density at radius 1 is 0.926 bits per heavy atom. The zero-order valence-electron chi connectivity index (χ0n) is 15.0. The number of nitrogens with one attached hydrogen (secondary N) is 2. The quantitative estimate of drug-likeness (QED) is 0.499. The van der Waals surface area contributed by atoms with Crippen LogP contribution in [0.3, 0.4) is 0 Å². The van der Waals surface area contributed by atoms with Crippen LogP contribution in [-0.4, -0.2) is 10.9 Å². The van der Waals surface area contributed by atoms with Crippen molar-refractivity contribution in [1.82, 2.24) is 4.98 Å². The van der Waals surface area contributed by atoms with Crippen molar-refractivity contribution in [3.8, 4) is 11.5 Å². The van der Waals surface area contributed by atoms with Gasteiger partial charge in [0.2, 0.25) is 5.91 Å². The third-order valence-electron chi connectivity index (χ3n) is 4.50. The predicted molar refractivity (Wildman–Crippen MR) is 108 cm³/mol. The molecule has 2 N–H and O–H groups in total. The molecule has 1 amide bonds. The first-order chi connectivity index (χ1) is 13.2. The number of benzene rings is 3. The van der Waals surface area contributed by atoms with Crippen LogP contribution < -0.4 is 10.1 Å². The predicted octanol–water partition coefficient (Wildman–Crippen LogP) is 5.45. The van der Waals surface area contributed by atoms with Crippen LogP contribution in [0.25, 0.3) is 10.9 Å². The van der Waals surface area contributed by atoms with E-state index in [9.17, 15) is 4.79 Å². The number of aryl methyl sites for hydroxylation is 1. The van der Waals surface area contributed by atoms with Crippen LogP contribution in [0.1, 0.15) is 11.3 Å². The van der Waals surface area contributed by atoms with E-state index in [1.54, 1.807) is 0 Å². The van der Waals surface area contributed by atoms with E-state index in [1.165, 1.54) is 0 Å². The zero-order valence-corrected chi connectivity index (χ0v) is 15.0. The molecule has 0 aliphatic carbocycles. The molecule has 0 spiro atoms. The van der Waals surface area contributed by atoms with E-state index in [0.717, 1.165) is 27.9 Å². The van der Waals surface area contributed by atoms with E-state index in [-0.39, 0.29) is 5.91 Å². The van der Waals surface area contributed by atoms with Gasteiger partial charge in [0.05, 0.1) is 12.1 Å². The van der Waals surface area contributed by atoms with Gasteiger partial charge >= 0.3 is 0 Å². The Kier molecular flexibility index (Phi) is 4.62. The molecule has 4 rings (SSSR count). The fourth-order valence-corrected chi connectivity index (χ4v) is 3.19. The lowest BCUT2D eigenvalue weighted by Gasteiger charge is -2.12. The van der Waals surface area contributed by atoms with E-state index in [4.69, 9.17) is 4.74 Å². The maximum atomic E-state index is 12.7. The van der Waals surface area contributed by atoms with Gasteiger partial charge in [-0.1, -0.05) is 48.5 Å². The summed E-state index contributed by atoms with van der Waals surface area (Å²) < 4.78 is 5.92. The van der Waals surface area contributed by atoms with Gasteiger partial charge in [0.15, 0.2) is 5.75 Å². The average molecular weight is 356 g/mol. The fourth-order valence-electron chi connectivity index (χ4n) is 3.19. The Morgan fingerprint density at radius 3 is 2.48 bits per heavy atom. The topological polar surface area (TPSA) is 54.1 Å². The number of carbonyl (C=O) groups is 1. The Hall–Kier alpha value is -3.53. The van der Waals surface area contributed by atoms with Crippen LogP contribution in [0.4, 0.5) is 5.69 Å². The summed E-state index contributed by atoms with van der Waals surface area (Å²) in [4.78, 5) is 16.0. The van der Waals surface area contributed by atoms with Crippen LogP contribution in [-0.2, 0) is 11.2 Å². The summed E-state index contributed by atoms with van der Waals surface area (Å²) in [6.07, 6.45) is 0.301. The number of rotatable bonds is 5. The lowest BCUT2D eigenvalue weighted by molar-refractivity contribution is -0.115. The van der Waals surface area contributed by atoms with Gasteiger partial charge in [-0.15, -0.1) is 0 Å². The van der Waals surface area contributed by atoms with Crippen LogP contribution in [0.15, 0.2) is 78.9 Å². The summed E-state index contributed by atoms with van der Waals surface area (Å²) in [6, 6.07) is 25.0. The summed E-state index contributed by atoms with van der Waals surface area (Å²) >= 11 is 0. The molecule has 1 heterocycles. The molecule has 0 radical (unpaired) electrons. The van der Waals surface area contributed by atoms with E-state index >= 15 is 0 Å². The number of carbonyl (C=O) groups excluding carboxylic acids is 1. The summed E-state index contributed by atoms with van der Waals surface area (Å²) in [5, 5.41) is 4.07. The van der Waals surface area contributed by atoms with Gasteiger partial charge in [-0.25, -0.2) is 0 Å². The SMILES string of the molecule is Cc1[nH]c2ccccc2c1CC(=O)Nc1ccccc1Oc1ccccc1. The number of fused-ring (bicyclic) bond motifs is 1. The number of hydrogen-bond acceptors (Lipinski definition) is 2. The summed E-state index contributed by atoms with van der Waals surface area (Å²) in [5.41, 5.74) is 3.74. The van der Waals surface area contributed by atoms with E-state index in [2.05, 4.69) is 10.3 Å². The van der Waals surface area contributed by atoms with Gasteiger partial charge in [0.1, 0.15) is 5.75 Å². The maximum absolute atomic E-state index is 12.7. The molecule has 0 unspecified atom stereocenters. The van der Waals surface area contributed by atoms with Crippen molar-refractivity contribution in [1.29, 1.82) is 0 Å². The molecule has 0 atom stereocenters. The van der Waals surface area contributed by atoms with Crippen LogP contribution in [0.5, 0.6) is 11.5 Å². The Morgan fingerprint density at radius 2 is 1.63 bits per heavy atom. The van der Waals surface area contributed by atoms with Gasteiger partial charge in [0, 0.05) is 16.6 Å². The smallest absolute Gasteiger partial charge is 0.228 e. The Bertz CT molecular complexity index is 1080. The molecule has 0 bridgehead atoms. The third-order valence-corrected chi connectivity index (χ3v) is 4.50. The van der Waals surface area contributed by atoms with E-state index < -0.39 is 0 Å². The zero-order chi connectivity index (χ0) is 18.6. The number of aromatic amines is 1. The molecule has 4 nitrogen and oxygen atoms in total. The van der Waals surface area contributed by atoms with Crippen molar-refractivity contribution in [2.45, 2.75) is 13.3 Å². The van der Waals surface area contributed by atoms with Gasteiger partial charge in [0.25, 0.3) is 0 Å². The molecular formula is C23H20N2O2. The third kappa shape index (κ3) is 3.70. The molecule has 134 valence electrons. The molecule has 3 aromatic carbocycles. The van der Waals surface area contributed by atoms with Crippen molar-refractivity contribution in [2.75, 3.05) is 5.32 Å². The molecule has 0 aliphatic heterocycles. The molecule has 0 fully saturated rings. The first-order valence-electron chi connectivity index (χ1n) is 8.88. The van der Waals surface area contributed by atoms with E-state index in [0.29, 0.717) is 17.9 Å². The fraction of sp³-hybridized carbons (Fsp3) is 0.0870. The lowest BCUT2D eigenvalue weighted by atomic mass is 10.1. The normalized spacial score (nSPS) is 10.7. The van der Waals surface area contributed by atoms with Crippen molar-refractivity contribution in [3.05, 3.63) is 90.1 Å². The molecule has 0 saturated carbocycles. The molecule has 0 aliphatic rings. The largest absolute Gasteiger partial charge is 0.455 e. The van der Waals surface area contributed by atoms with Crippen molar-refractivity contribution < 1.29 is 9.53 Å². The number of para-hydroxylation sites is 4. The van der Waals surface area contributed by atoms with Crippen molar-refractivity contribution in [2.24, 2.45) is 0 Å². The van der Waals surface area contributed by atoms with Gasteiger partial charge in [-0.3, -0.25) is 4.79 Å². The summed E-state index contributed by atoms with van der Waals surface area (Å²) in [5.74, 6) is 1.27. The second kappa shape index (κ2) is 7.38. The highest BCUT2D eigenvalue weighted by Gasteiger charge is 2.14. The van der Waals surface area contributed by atoms with Gasteiger partial charge in [-0.2, -0.15) is 0 Å². The minimum atomic E-state index is -0.0769. The first-order valence-corrected chi connectivity index (χ1v) is 8.88. The van der Waals surface area contributed by atoms with Crippen molar-refractivity contribution >= 4 is 22.5 Å². The number of aromatic nitrogens is 1. The molecule has 4 aromatic rings. The maximum Gasteiger partial charge on any atom is 0.228 e. The highest BCUT2D eigenvalue weighted by molar-refractivity contribution is 5.97. The van der Waals surface area contributed by atoms with E-state index in [1.807, 2.05) is 85.8 Å². The van der Waals surface area contributed by atoms with Gasteiger partial charge in [-0.05, 0) is 42.8 Å². The summed E-state index contributed by atoms with van der Waals surface area (Å²) in [6.45, 7) is 2.00. The molecule has 27 heavy (non-hydrogen) atoms. The summed E-state index contributed by atoms with van der Waals surface area (Å²) in [7, 11) is 0. The first kappa shape index (κ1) is 16.9. The lowest BCUT2D eigenvalue weighted by Crippen LogP contribution is -2.15. The van der Waals surface area contributed by atoms with Crippen LogP contribution in [0.2, 0.25) is 0 Å². The number of hydrogen-bond donors (Lipinski definition) is 2.